The van der Waals surface area contributed by atoms with Crippen molar-refractivity contribution in [1.82, 2.24) is 10.3 Å². The lowest BCUT2D eigenvalue weighted by Gasteiger charge is -2.22. The van der Waals surface area contributed by atoms with Gasteiger partial charge in [-0.05, 0) is 38.4 Å². The van der Waals surface area contributed by atoms with E-state index < -0.39 is 0 Å². The van der Waals surface area contributed by atoms with Crippen LogP contribution in [0.2, 0.25) is 0 Å². The topological polar surface area (TPSA) is 48.4 Å². The highest BCUT2D eigenvalue weighted by Crippen LogP contribution is 2.18. The molecule has 2 N–H and O–H groups in total. The highest BCUT2D eigenvalue weighted by molar-refractivity contribution is 5.44. The summed E-state index contributed by atoms with van der Waals surface area (Å²) in [7, 11) is 1.97. The average Bonchev–Trinajstić information content (AvgIpc) is 2.39. The van der Waals surface area contributed by atoms with Gasteiger partial charge >= 0.3 is 0 Å². The van der Waals surface area contributed by atoms with E-state index in [4.69, 9.17) is 0 Å². The predicted molar refractivity (Wildman–Crippen MR) is 80.5 cm³/mol. The number of aromatic nitrogens is 1. The molecule has 0 saturated carbocycles. The molecule has 1 rings (SSSR count). The molecule has 0 aliphatic carbocycles. The Kier molecular flexibility index (Phi) is 6.81. The fourth-order valence-corrected chi connectivity index (χ4v) is 2.11. The molecule has 2 atom stereocenters. The van der Waals surface area contributed by atoms with Crippen molar-refractivity contribution in [3.8, 4) is 0 Å². The third kappa shape index (κ3) is 5.17. The maximum atomic E-state index is 9.39. The molecule has 0 bridgehead atoms. The van der Waals surface area contributed by atoms with Crippen LogP contribution in [0.3, 0.4) is 0 Å². The van der Waals surface area contributed by atoms with Crippen molar-refractivity contribution in [2.24, 2.45) is 0 Å². The van der Waals surface area contributed by atoms with Crippen LogP contribution < -0.4 is 10.2 Å². The van der Waals surface area contributed by atoms with E-state index >= 15 is 0 Å². The molecule has 0 radical (unpaired) electrons. The second kappa shape index (κ2) is 8.12. The highest BCUT2D eigenvalue weighted by atomic mass is 16.3. The van der Waals surface area contributed by atoms with Crippen molar-refractivity contribution in [2.75, 3.05) is 25.0 Å². The lowest BCUT2D eigenvalue weighted by molar-refractivity contribution is 0.201. The van der Waals surface area contributed by atoms with Gasteiger partial charge in [0.25, 0.3) is 0 Å². The van der Waals surface area contributed by atoms with E-state index in [0.29, 0.717) is 12.6 Å². The van der Waals surface area contributed by atoms with Gasteiger partial charge in [-0.15, -0.1) is 0 Å². The van der Waals surface area contributed by atoms with Gasteiger partial charge in [0.05, 0.1) is 23.7 Å². The molecule has 0 amide bonds. The van der Waals surface area contributed by atoms with Gasteiger partial charge in [-0.2, -0.15) is 0 Å². The van der Waals surface area contributed by atoms with Crippen molar-refractivity contribution in [3.63, 3.8) is 0 Å². The lowest BCUT2D eigenvalue weighted by atomic mass is 10.1. The van der Waals surface area contributed by atoms with E-state index in [1.54, 1.807) is 6.92 Å². The van der Waals surface area contributed by atoms with Crippen LogP contribution in [0.25, 0.3) is 0 Å². The van der Waals surface area contributed by atoms with Crippen molar-refractivity contribution in [1.29, 1.82) is 0 Å². The Bertz CT molecular complexity index is 351. The summed E-state index contributed by atoms with van der Waals surface area (Å²) in [6.45, 7) is 7.76. The SMILES string of the molecule is CCCNC(CC)c1ccc(N(C)CC(C)O)cn1. The number of likely N-dealkylation sites (N-methyl/N-ethyl adjacent to an activating group) is 1. The molecule has 1 aromatic heterocycles. The number of nitrogens with zero attached hydrogens (tertiary/aromatic N) is 2. The van der Waals surface area contributed by atoms with Crippen LogP contribution in [0, 0.1) is 0 Å². The first kappa shape index (κ1) is 15.9. The second-order valence-corrected chi connectivity index (χ2v) is 5.09. The summed E-state index contributed by atoms with van der Waals surface area (Å²) in [4.78, 5) is 6.56. The summed E-state index contributed by atoms with van der Waals surface area (Å²) < 4.78 is 0. The van der Waals surface area contributed by atoms with Gasteiger partial charge in [0.15, 0.2) is 0 Å². The third-order valence-corrected chi connectivity index (χ3v) is 3.16. The Labute approximate surface area is 116 Å². The molecular weight excluding hydrogens is 238 g/mol. The van der Waals surface area contributed by atoms with Gasteiger partial charge < -0.3 is 15.3 Å². The maximum Gasteiger partial charge on any atom is 0.0686 e. The van der Waals surface area contributed by atoms with E-state index in [1.165, 1.54) is 0 Å². The molecule has 19 heavy (non-hydrogen) atoms. The van der Waals surface area contributed by atoms with Crippen LogP contribution in [0.1, 0.15) is 45.3 Å². The van der Waals surface area contributed by atoms with Crippen LogP contribution >= 0.6 is 0 Å². The number of nitrogens with one attached hydrogen (secondary N) is 1. The van der Waals surface area contributed by atoms with E-state index in [1.807, 2.05) is 18.1 Å². The Balaban J connectivity index is 2.68. The van der Waals surface area contributed by atoms with Crippen molar-refractivity contribution >= 4 is 5.69 Å². The molecule has 2 unspecified atom stereocenters. The fraction of sp³-hybridized carbons (Fsp3) is 0.667. The minimum Gasteiger partial charge on any atom is -0.392 e. The number of aliphatic hydroxyl groups excluding tert-OH is 1. The molecule has 0 saturated heterocycles. The molecule has 0 spiro atoms. The zero-order valence-corrected chi connectivity index (χ0v) is 12.6. The molecule has 0 aliphatic heterocycles. The summed E-state index contributed by atoms with van der Waals surface area (Å²) in [5.74, 6) is 0. The second-order valence-electron chi connectivity index (χ2n) is 5.09. The van der Waals surface area contributed by atoms with Crippen LogP contribution in [-0.2, 0) is 0 Å². The standard InChI is InChI=1S/C15H27N3O/c1-5-9-16-14(6-2)15-8-7-13(10-17-15)18(4)11-12(3)19/h7-8,10,12,14,16,19H,5-6,9,11H2,1-4H3. The molecule has 108 valence electrons. The number of pyridine rings is 1. The maximum absolute atomic E-state index is 9.39. The Morgan fingerprint density at radius 2 is 2.11 bits per heavy atom. The van der Waals surface area contributed by atoms with Crippen LogP contribution in [0.4, 0.5) is 5.69 Å². The van der Waals surface area contributed by atoms with Crippen molar-refractivity contribution < 1.29 is 5.11 Å². The number of aliphatic hydroxyl groups is 1. The van der Waals surface area contributed by atoms with Crippen LogP contribution in [-0.4, -0.2) is 36.3 Å². The first-order valence-electron chi connectivity index (χ1n) is 7.17. The van der Waals surface area contributed by atoms with E-state index in [2.05, 4.69) is 36.3 Å². The van der Waals surface area contributed by atoms with Gasteiger partial charge in [0.1, 0.15) is 0 Å². The minimum absolute atomic E-state index is 0.330. The molecule has 0 fully saturated rings. The molecule has 4 heteroatoms. The van der Waals surface area contributed by atoms with Gasteiger partial charge in [0.2, 0.25) is 0 Å². The fourth-order valence-electron chi connectivity index (χ4n) is 2.11. The summed E-state index contributed by atoms with van der Waals surface area (Å²) in [6, 6.07) is 4.47. The highest BCUT2D eigenvalue weighted by Gasteiger charge is 2.10. The van der Waals surface area contributed by atoms with Crippen molar-refractivity contribution in [2.45, 2.75) is 45.8 Å². The van der Waals surface area contributed by atoms with Gasteiger partial charge in [-0.25, -0.2) is 0 Å². The summed E-state index contributed by atoms with van der Waals surface area (Å²) >= 11 is 0. The average molecular weight is 265 g/mol. The van der Waals surface area contributed by atoms with Crippen LogP contribution in [0.15, 0.2) is 18.3 Å². The van der Waals surface area contributed by atoms with Gasteiger partial charge in [0, 0.05) is 19.6 Å². The lowest BCUT2D eigenvalue weighted by Crippen LogP contribution is -2.27. The largest absolute Gasteiger partial charge is 0.392 e. The molecule has 4 nitrogen and oxygen atoms in total. The molecule has 0 aromatic carbocycles. The van der Waals surface area contributed by atoms with Crippen LogP contribution in [0.5, 0.6) is 0 Å². The summed E-state index contributed by atoms with van der Waals surface area (Å²) in [5.41, 5.74) is 2.13. The monoisotopic (exact) mass is 265 g/mol. The van der Waals surface area contributed by atoms with E-state index in [0.717, 1.165) is 30.8 Å². The quantitative estimate of drug-likeness (QED) is 0.757. The van der Waals surface area contributed by atoms with Gasteiger partial charge in [-0.1, -0.05) is 13.8 Å². The van der Waals surface area contributed by atoms with E-state index in [-0.39, 0.29) is 6.10 Å². The molecule has 1 heterocycles. The Morgan fingerprint density at radius 1 is 1.37 bits per heavy atom. The predicted octanol–water partition coefficient (Wildman–Crippen LogP) is 2.35. The zero-order valence-electron chi connectivity index (χ0n) is 12.6. The Morgan fingerprint density at radius 3 is 2.58 bits per heavy atom. The third-order valence-electron chi connectivity index (χ3n) is 3.16. The smallest absolute Gasteiger partial charge is 0.0686 e. The number of rotatable bonds is 8. The zero-order chi connectivity index (χ0) is 14.3. The first-order valence-corrected chi connectivity index (χ1v) is 7.17. The minimum atomic E-state index is -0.334. The molecule has 0 aliphatic rings. The number of hydrogen-bond acceptors (Lipinski definition) is 4. The first-order chi connectivity index (χ1) is 9.08. The van der Waals surface area contributed by atoms with E-state index in [9.17, 15) is 5.11 Å². The Hall–Kier alpha value is -1.13. The normalized spacial score (nSPS) is 14.2. The van der Waals surface area contributed by atoms with Gasteiger partial charge in [-0.3, -0.25) is 4.98 Å². The summed E-state index contributed by atoms with van der Waals surface area (Å²) in [5, 5.41) is 12.9. The van der Waals surface area contributed by atoms with Crippen molar-refractivity contribution in [3.05, 3.63) is 24.0 Å². The number of anilines is 1. The number of hydrogen-bond donors (Lipinski definition) is 2. The molecular formula is C15H27N3O. The molecule has 1 aromatic rings. The summed E-state index contributed by atoms with van der Waals surface area (Å²) in [6.07, 6.45) is 3.72.